The molecule has 1 N–H and O–H groups in total. The average molecular weight is 286 g/mol. The maximum Gasteiger partial charge on any atom is 0.311 e. The molecule has 0 aliphatic carbocycles. The highest BCUT2D eigenvalue weighted by atomic mass is 32.1. The van der Waals surface area contributed by atoms with E-state index >= 15 is 0 Å². The van der Waals surface area contributed by atoms with Crippen molar-refractivity contribution in [2.45, 2.75) is 26.2 Å². The first-order valence-electron chi connectivity index (χ1n) is 6.04. The van der Waals surface area contributed by atoms with Gasteiger partial charge in [0.1, 0.15) is 0 Å². The molecule has 0 aromatic carbocycles. The summed E-state index contributed by atoms with van der Waals surface area (Å²) in [4.78, 5) is 26.9. The lowest BCUT2D eigenvalue weighted by molar-refractivity contribution is -0.142. The van der Waals surface area contributed by atoms with Gasteiger partial charge in [0.15, 0.2) is 5.13 Å². The van der Waals surface area contributed by atoms with E-state index in [0.29, 0.717) is 36.9 Å². The molecular formula is C12H18N2O4S. The summed E-state index contributed by atoms with van der Waals surface area (Å²) in [5.74, 6) is -0.417. The van der Waals surface area contributed by atoms with Crippen molar-refractivity contribution in [3.63, 3.8) is 0 Å². The van der Waals surface area contributed by atoms with Gasteiger partial charge in [0.25, 0.3) is 0 Å². The number of thiazole rings is 1. The topological polar surface area (TPSA) is 77.5 Å². The van der Waals surface area contributed by atoms with Crippen LogP contribution >= 0.6 is 11.3 Å². The van der Waals surface area contributed by atoms with Crippen LogP contribution in [0.3, 0.4) is 0 Å². The van der Waals surface area contributed by atoms with Crippen LogP contribution in [0.5, 0.6) is 0 Å². The first kappa shape index (κ1) is 15.6. The zero-order chi connectivity index (χ0) is 14.1. The molecule has 1 rings (SSSR count). The number of hydrogen-bond donors (Lipinski definition) is 1. The molecule has 0 atom stereocenters. The van der Waals surface area contributed by atoms with Crippen molar-refractivity contribution in [3.05, 3.63) is 11.1 Å². The number of carbonyl (C=O) groups excluding carboxylic acids is 2. The number of rotatable bonds is 8. The summed E-state index contributed by atoms with van der Waals surface area (Å²) in [7, 11) is 1.60. The number of methoxy groups -OCH3 is 1. The first-order chi connectivity index (χ1) is 9.15. The van der Waals surface area contributed by atoms with Crippen LogP contribution in [0.15, 0.2) is 5.38 Å². The minimum absolute atomic E-state index is 0.103. The van der Waals surface area contributed by atoms with Crippen molar-refractivity contribution >= 4 is 28.3 Å². The molecule has 106 valence electrons. The van der Waals surface area contributed by atoms with E-state index in [-0.39, 0.29) is 18.3 Å². The van der Waals surface area contributed by atoms with Gasteiger partial charge in [-0.3, -0.25) is 9.59 Å². The predicted octanol–water partition coefficient (Wildman–Crippen LogP) is 1.61. The molecule has 19 heavy (non-hydrogen) atoms. The van der Waals surface area contributed by atoms with Gasteiger partial charge in [-0.15, -0.1) is 11.3 Å². The minimum Gasteiger partial charge on any atom is -0.466 e. The van der Waals surface area contributed by atoms with E-state index in [9.17, 15) is 9.59 Å². The van der Waals surface area contributed by atoms with E-state index in [4.69, 9.17) is 9.47 Å². The van der Waals surface area contributed by atoms with Crippen molar-refractivity contribution in [2.75, 3.05) is 25.6 Å². The maximum absolute atomic E-state index is 11.5. The smallest absolute Gasteiger partial charge is 0.311 e. The number of amides is 1. The Kier molecular flexibility index (Phi) is 7.06. The SMILES string of the molecule is CCOC(=O)Cc1csc(NC(=O)CCCOC)n1. The van der Waals surface area contributed by atoms with E-state index in [1.165, 1.54) is 11.3 Å². The van der Waals surface area contributed by atoms with Crippen LogP contribution in [0.4, 0.5) is 5.13 Å². The number of hydrogen-bond acceptors (Lipinski definition) is 6. The first-order valence-corrected chi connectivity index (χ1v) is 6.92. The summed E-state index contributed by atoms with van der Waals surface area (Å²) < 4.78 is 9.69. The fraction of sp³-hybridized carbons (Fsp3) is 0.583. The molecule has 0 saturated carbocycles. The highest BCUT2D eigenvalue weighted by Gasteiger charge is 2.10. The van der Waals surface area contributed by atoms with Gasteiger partial charge in [-0.05, 0) is 13.3 Å². The molecule has 0 radical (unpaired) electrons. The van der Waals surface area contributed by atoms with Crippen molar-refractivity contribution in [1.29, 1.82) is 0 Å². The number of anilines is 1. The number of esters is 1. The Labute approximate surface area is 116 Å². The van der Waals surface area contributed by atoms with E-state index in [1.54, 1.807) is 19.4 Å². The Hall–Kier alpha value is -1.47. The summed E-state index contributed by atoms with van der Waals surface area (Å²) in [6, 6.07) is 0. The van der Waals surface area contributed by atoms with Crippen molar-refractivity contribution in [3.8, 4) is 0 Å². The van der Waals surface area contributed by atoms with Crippen LogP contribution in [0.2, 0.25) is 0 Å². The normalized spacial score (nSPS) is 10.2. The van der Waals surface area contributed by atoms with E-state index < -0.39 is 0 Å². The monoisotopic (exact) mass is 286 g/mol. The van der Waals surface area contributed by atoms with Gasteiger partial charge >= 0.3 is 5.97 Å². The van der Waals surface area contributed by atoms with Crippen molar-refractivity contribution in [1.82, 2.24) is 4.98 Å². The minimum atomic E-state index is -0.314. The number of carbonyl (C=O) groups is 2. The van der Waals surface area contributed by atoms with Crippen LogP contribution < -0.4 is 5.32 Å². The van der Waals surface area contributed by atoms with Crippen LogP contribution in [-0.2, 0) is 25.5 Å². The molecule has 0 unspecified atom stereocenters. The van der Waals surface area contributed by atoms with Gasteiger partial charge in [0.2, 0.25) is 5.91 Å². The van der Waals surface area contributed by atoms with Crippen molar-refractivity contribution < 1.29 is 19.1 Å². The number of aromatic nitrogens is 1. The molecule has 1 amide bonds. The van der Waals surface area contributed by atoms with E-state index in [2.05, 4.69) is 10.3 Å². The largest absolute Gasteiger partial charge is 0.466 e. The third kappa shape index (κ3) is 6.30. The average Bonchev–Trinajstić information content (AvgIpc) is 2.77. The van der Waals surface area contributed by atoms with Crippen LogP contribution in [-0.4, -0.2) is 37.2 Å². The Balaban J connectivity index is 2.37. The van der Waals surface area contributed by atoms with Gasteiger partial charge in [-0.2, -0.15) is 0 Å². The van der Waals surface area contributed by atoms with Gasteiger partial charge in [-0.25, -0.2) is 4.98 Å². The van der Waals surface area contributed by atoms with E-state index in [1.807, 2.05) is 0 Å². The van der Waals surface area contributed by atoms with Gasteiger partial charge in [0.05, 0.1) is 18.7 Å². The summed E-state index contributed by atoms with van der Waals surface area (Å²) in [5, 5.41) is 4.93. The number of nitrogens with zero attached hydrogens (tertiary/aromatic N) is 1. The molecule has 1 heterocycles. The predicted molar refractivity (Wildman–Crippen MR) is 72.2 cm³/mol. The Morgan fingerprint density at radius 1 is 1.47 bits per heavy atom. The second kappa shape index (κ2) is 8.60. The quantitative estimate of drug-likeness (QED) is 0.580. The Morgan fingerprint density at radius 3 is 2.95 bits per heavy atom. The van der Waals surface area contributed by atoms with E-state index in [0.717, 1.165) is 0 Å². The molecule has 0 spiro atoms. The molecule has 1 aromatic heterocycles. The highest BCUT2D eigenvalue weighted by Crippen LogP contribution is 2.16. The summed E-state index contributed by atoms with van der Waals surface area (Å²) in [5.41, 5.74) is 0.607. The van der Waals surface area contributed by atoms with Gasteiger partial charge in [0, 0.05) is 25.5 Å². The zero-order valence-electron chi connectivity index (χ0n) is 11.1. The zero-order valence-corrected chi connectivity index (χ0v) is 11.9. The highest BCUT2D eigenvalue weighted by molar-refractivity contribution is 7.13. The molecular weight excluding hydrogens is 268 g/mol. The third-order valence-corrected chi connectivity index (χ3v) is 2.99. The second-order valence-corrected chi connectivity index (χ2v) is 4.63. The molecule has 7 heteroatoms. The lowest BCUT2D eigenvalue weighted by Crippen LogP contribution is -2.12. The van der Waals surface area contributed by atoms with Crippen LogP contribution in [0, 0.1) is 0 Å². The standard InChI is InChI=1S/C12H18N2O4S/c1-3-18-11(16)7-9-8-19-12(13-9)14-10(15)5-4-6-17-2/h8H,3-7H2,1-2H3,(H,13,14,15). The lowest BCUT2D eigenvalue weighted by atomic mass is 10.3. The number of nitrogens with one attached hydrogen (secondary N) is 1. The molecule has 0 fully saturated rings. The van der Waals surface area contributed by atoms with Crippen molar-refractivity contribution in [2.24, 2.45) is 0 Å². The fourth-order valence-electron chi connectivity index (χ4n) is 1.36. The molecule has 0 aliphatic rings. The van der Waals surface area contributed by atoms with Gasteiger partial charge in [-0.1, -0.05) is 0 Å². The number of ether oxygens (including phenoxy) is 2. The molecule has 6 nitrogen and oxygen atoms in total. The summed E-state index contributed by atoms with van der Waals surface area (Å²) in [6.45, 7) is 2.66. The van der Waals surface area contributed by atoms with Crippen LogP contribution in [0.25, 0.3) is 0 Å². The fourth-order valence-corrected chi connectivity index (χ4v) is 2.09. The Bertz CT molecular complexity index is 420. The molecule has 0 saturated heterocycles. The van der Waals surface area contributed by atoms with Crippen LogP contribution in [0.1, 0.15) is 25.5 Å². The van der Waals surface area contributed by atoms with Gasteiger partial charge < -0.3 is 14.8 Å². The second-order valence-electron chi connectivity index (χ2n) is 3.77. The molecule has 1 aromatic rings. The maximum atomic E-state index is 11.5. The lowest BCUT2D eigenvalue weighted by Gasteiger charge is -2.01. The summed E-state index contributed by atoms with van der Waals surface area (Å²) in [6.07, 6.45) is 1.19. The third-order valence-electron chi connectivity index (χ3n) is 2.18. The molecule has 0 aliphatic heterocycles. The Morgan fingerprint density at radius 2 is 2.26 bits per heavy atom. The summed E-state index contributed by atoms with van der Waals surface area (Å²) >= 11 is 1.30. The molecule has 0 bridgehead atoms.